The van der Waals surface area contributed by atoms with Gasteiger partial charge in [0.25, 0.3) is 5.91 Å². The lowest BCUT2D eigenvalue weighted by atomic mass is 10.0. The molecule has 0 atom stereocenters. The number of amides is 1. The van der Waals surface area contributed by atoms with E-state index >= 15 is 0 Å². The minimum absolute atomic E-state index is 0.175. The van der Waals surface area contributed by atoms with E-state index in [0.29, 0.717) is 12.2 Å². The van der Waals surface area contributed by atoms with Crippen LogP contribution in [0.2, 0.25) is 0 Å². The average molecular weight is 372 g/mol. The Bertz CT molecular complexity index is 925. The van der Waals surface area contributed by atoms with E-state index in [0.717, 1.165) is 38.0 Å². The summed E-state index contributed by atoms with van der Waals surface area (Å²) in [6.07, 6.45) is 7.28. The number of carbonyl (C=O) groups is 1. The molecular weight excluding hydrogens is 348 g/mol. The summed E-state index contributed by atoms with van der Waals surface area (Å²) in [5, 5.41) is 2.93. The maximum atomic E-state index is 12.3. The normalized spacial score (nSPS) is 13.1. The molecule has 1 aliphatic rings. The van der Waals surface area contributed by atoms with Gasteiger partial charge in [-0.2, -0.15) is 0 Å². The summed E-state index contributed by atoms with van der Waals surface area (Å²) in [4.78, 5) is 23.3. The lowest BCUT2D eigenvalue weighted by Gasteiger charge is -2.30. The monoisotopic (exact) mass is 372 g/mol. The second kappa shape index (κ2) is 8.65. The Morgan fingerprint density at radius 1 is 1.00 bits per heavy atom. The standard InChI is InChI=1S/C23H24N4O/c28-23(24-14-6-10-18-8-2-1-3-9-18)20-16-26-22(17-25-20)27-15-7-12-19-11-4-5-13-21(19)27/h1-5,8-9,11,13,16-17H,6-7,10,12,14-15H2,(H,24,28). The van der Waals surface area contributed by atoms with Crippen LogP contribution in [-0.4, -0.2) is 29.0 Å². The summed E-state index contributed by atoms with van der Waals surface area (Å²) < 4.78 is 0. The van der Waals surface area contributed by atoms with Crippen LogP contribution in [0.15, 0.2) is 67.0 Å². The number of carbonyl (C=O) groups excluding carboxylic acids is 1. The predicted octanol–water partition coefficient (Wildman–Crippen LogP) is 3.92. The Balaban J connectivity index is 1.34. The number of benzene rings is 2. The van der Waals surface area contributed by atoms with E-state index in [1.165, 1.54) is 16.8 Å². The van der Waals surface area contributed by atoms with Crippen LogP contribution < -0.4 is 10.2 Å². The van der Waals surface area contributed by atoms with Gasteiger partial charge in [0.05, 0.1) is 12.4 Å². The van der Waals surface area contributed by atoms with Crippen LogP contribution in [0, 0.1) is 0 Å². The highest BCUT2D eigenvalue weighted by molar-refractivity contribution is 5.92. The van der Waals surface area contributed by atoms with Gasteiger partial charge in [0, 0.05) is 18.8 Å². The molecule has 0 radical (unpaired) electrons. The van der Waals surface area contributed by atoms with Gasteiger partial charge in [-0.05, 0) is 42.9 Å². The maximum absolute atomic E-state index is 12.3. The van der Waals surface area contributed by atoms with Crippen molar-refractivity contribution in [3.8, 4) is 0 Å². The van der Waals surface area contributed by atoms with Gasteiger partial charge in [0.2, 0.25) is 0 Å². The van der Waals surface area contributed by atoms with E-state index in [1.54, 1.807) is 12.4 Å². The summed E-state index contributed by atoms with van der Waals surface area (Å²) in [5.74, 6) is 0.610. The molecule has 3 aromatic rings. The van der Waals surface area contributed by atoms with Gasteiger partial charge in [0.15, 0.2) is 5.82 Å². The molecule has 1 aliphatic heterocycles. The number of rotatable bonds is 6. The van der Waals surface area contributed by atoms with E-state index in [4.69, 9.17) is 0 Å². The van der Waals surface area contributed by atoms with Gasteiger partial charge < -0.3 is 10.2 Å². The van der Waals surface area contributed by atoms with Crippen LogP contribution in [-0.2, 0) is 12.8 Å². The van der Waals surface area contributed by atoms with Crippen LogP contribution in [0.1, 0.15) is 34.5 Å². The van der Waals surface area contributed by atoms with E-state index < -0.39 is 0 Å². The number of nitrogens with one attached hydrogen (secondary N) is 1. The number of fused-ring (bicyclic) bond motifs is 1. The third kappa shape index (κ3) is 4.19. The molecule has 0 fully saturated rings. The molecule has 1 aromatic heterocycles. The third-order valence-electron chi connectivity index (χ3n) is 5.03. The zero-order valence-electron chi connectivity index (χ0n) is 15.8. The summed E-state index contributed by atoms with van der Waals surface area (Å²) >= 11 is 0. The first-order valence-corrected chi connectivity index (χ1v) is 9.81. The van der Waals surface area contributed by atoms with Crippen LogP contribution in [0.25, 0.3) is 0 Å². The molecule has 1 N–H and O–H groups in total. The fraction of sp³-hybridized carbons (Fsp3) is 0.261. The minimum atomic E-state index is -0.175. The minimum Gasteiger partial charge on any atom is -0.351 e. The number of aryl methyl sites for hydroxylation is 2. The van der Waals surface area contributed by atoms with Crippen molar-refractivity contribution < 1.29 is 4.79 Å². The molecule has 28 heavy (non-hydrogen) atoms. The molecule has 0 saturated heterocycles. The molecule has 0 aliphatic carbocycles. The second-order valence-corrected chi connectivity index (χ2v) is 6.99. The highest BCUT2D eigenvalue weighted by Gasteiger charge is 2.19. The molecule has 5 heteroatoms. The van der Waals surface area contributed by atoms with E-state index in [1.807, 2.05) is 24.3 Å². The van der Waals surface area contributed by atoms with Crippen molar-refractivity contribution in [1.29, 1.82) is 0 Å². The first-order valence-electron chi connectivity index (χ1n) is 9.81. The summed E-state index contributed by atoms with van der Waals surface area (Å²) in [6, 6.07) is 18.7. The smallest absolute Gasteiger partial charge is 0.271 e. The summed E-state index contributed by atoms with van der Waals surface area (Å²) in [7, 11) is 0. The number of nitrogens with zero attached hydrogens (tertiary/aromatic N) is 3. The van der Waals surface area contributed by atoms with Crippen molar-refractivity contribution >= 4 is 17.4 Å². The Kier molecular flexibility index (Phi) is 5.61. The van der Waals surface area contributed by atoms with Crippen molar-refractivity contribution in [2.75, 3.05) is 18.0 Å². The molecular formula is C23H24N4O. The topological polar surface area (TPSA) is 58.1 Å². The number of para-hydroxylation sites is 1. The lowest BCUT2D eigenvalue weighted by molar-refractivity contribution is 0.0948. The van der Waals surface area contributed by atoms with Gasteiger partial charge >= 0.3 is 0 Å². The zero-order chi connectivity index (χ0) is 19.2. The van der Waals surface area contributed by atoms with Gasteiger partial charge in [0.1, 0.15) is 5.69 Å². The Morgan fingerprint density at radius 2 is 1.82 bits per heavy atom. The van der Waals surface area contributed by atoms with Crippen molar-refractivity contribution in [3.63, 3.8) is 0 Å². The first-order chi connectivity index (χ1) is 13.8. The molecule has 4 rings (SSSR count). The van der Waals surface area contributed by atoms with E-state index in [-0.39, 0.29) is 5.91 Å². The van der Waals surface area contributed by atoms with Crippen LogP contribution in [0.4, 0.5) is 11.5 Å². The van der Waals surface area contributed by atoms with Gasteiger partial charge in [-0.3, -0.25) is 4.79 Å². The van der Waals surface area contributed by atoms with Gasteiger partial charge in [-0.1, -0.05) is 48.5 Å². The molecule has 0 unspecified atom stereocenters. The Morgan fingerprint density at radius 3 is 2.64 bits per heavy atom. The second-order valence-electron chi connectivity index (χ2n) is 6.99. The fourth-order valence-corrected chi connectivity index (χ4v) is 3.58. The Hall–Kier alpha value is -3.21. The van der Waals surface area contributed by atoms with Crippen molar-refractivity contribution in [2.24, 2.45) is 0 Å². The van der Waals surface area contributed by atoms with E-state index in [2.05, 4.69) is 50.5 Å². The largest absolute Gasteiger partial charge is 0.351 e. The molecule has 2 heterocycles. The SMILES string of the molecule is O=C(NCCCc1ccccc1)c1cnc(N2CCCc3ccccc32)cn1. The lowest BCUT2D eigenvalue weighted by Crippen LogP contribution is -2.27. The number of aromatic nitrogens is 2. The molecule has 0 saturated carbocycles. The predicted molar refractivity (Wildman–Crippen MR) is 111 cm³/mol. The fourth-order valence-electron chi connectivity index (χ4n) is 3.58. The Labute approximate surface area is 165 Å². The average Bonchev–Trinajstić information content (AvgIpc) is 2.77. The van der Waals surface area contributed by atoms with Gasteiger partial charge in [-0.25, -0.2) is 9.97 Å². The summed E-state index contributed by atoms with van der Waals surface area (Å²) in [6.45, 7) is 1.54. The molecule has 0 bridgehead atoms. The quantitative estimate of drug-likeness (QED) is 0.666. The molecule has 1 amide bonds. The number of anilines is 2. The maximum Gasteiger partial charge on any atom is 0.271 e. The molecule has 2 aromatic carbocycles. The number of hydrogen-bond donors (Lipinski definition) is 1. The van der Waals surface area contributed by atoms with E-state index in [9.17, 15) is 4.79 Å². The van der Waals surface area contributed by atoms with Gasteiger partial charge in [-0.15, -0.1) is 0 Å². The zero-order valence-corrected chi connectivity index (χ0v) is 15.8. The van der Waals surface area contributed by atoms with Crippen LogP contribution in [0.3, 0.4) is 0 Å². The van der Waals surface area contributed by atoms with Crippen molar-refractivity contribution in [2.45, 2.75) is 25.7 Å². The third-order valence-corrected chi connectivity index (χ3v) is 5.03. The van der Waals surface area contributed by atoms with Crippen LogP contribution >= 0.6 is 0 Å². The van der Waals surface area contributed by atoms with Crippen molar-refractivity contribution in [1.82, 2.24) is 15.3 Å². The van der Waals surface area contributed by atoms with Crippen LogP contribution in [0.5, 0.6) is 0 Å². The summed E-state index contributed by atoms with van der Waals surface area (Å²) in [5.41, 5.74) is 4.15. The highest BCUT2D eigenvalue weighted by Crippen LogP contribution is 2.31. The molecule has 0 spiro atoms. The highest BCUT2D eigenvalue weighted by atomic mass is 16.1. The first kappa shape index (κ1) is 18.2. The van der Waals surface area contributed by atoms with Crippen molar-refractivity contribution in [3.05, 3.63) is 83.8 Å². The molecule has 5 nitrogen and oxygen atoms in total. The number of hydrogen-bond acceptors (Lipinski definition) is 4. The molecule has 142 valence electrons.